The van der Waals surface area contributed by atoms with Gasteiger partial charge in [-0.2, -0.15) is 0 Å². The first-order valence-electron chi connectivity index (χ1n) is 8.17. The number of carbonyl (C=O) groups is 1. The number of piperazine rings is 1. The number of nitrogens with zero attached hydrogens (tertiary/aromatic N) is 2. The fourth-order valence-electron chi connectivity index (χ4n) is 3.13. The molecule has 0 bridgehead atoms. The highest BCUT2D eigenvalue weighted by Crippen LogP contribution is 2.14. The molecule has 2 saturated heterocycles. The van der Waals surface area contributed by atoms with Crippen molar-refractivity contribution in [3.63, 3.8) is 0 Å². The minimum atomic E-state index is 0. The largest absolute Gasteiger partial charge is 0.375 e. The Hall–Kier alpha value is -1.14. The summed E-state index contributed by atoms with van der Waals surface area (Å²) in [5, 5.41) is 3.27. The van der Waals surface area contributed by atoms with E-state index in [0.29, 0.717) is 13.0 Å². The molecule has 1 aromatic rings. The number of hydrogen-bond acceptors (Lipinski definition) is 4. The maximum Gasteiger partial charge on any atom is 0.225 e. The quantitative estimate of drug-likeness (QED) is 0.893. The van der Waals surface area contributed by atoms with Crippen LogP contribution in [0, 0.1) is 0 Å². The van der Waals surface area contributed by atoms with Gasteiger partial charge in [0.25, 0.3) is 0 Å². The van der Waals surface area contributed by atoms with Crippen molar-refractivity contribution in [2.24, 2.45) is 0 Å². The number of rotatable bonds is 4. The van der Waals surface area contributed by atoms with E-state index < -0.39 is 0 Å². The Balaban J connectivity index is 0.00000192. The van der Waals surface area contributed by atoms with Crippen molar-refractivity contribution in [2.75, 3.05) is 45.9 Å². The number of morpholine rings is 1. The van der Waals surface area contributed by atoms with Gasteiger partial charge in [0.1, 0.15) is 0 Å². The molecule has 0 aliphatic carbocycles. The first-order valence-corrected chi connectivity index (χ1v) is 8.17. The lowest BCUT2D eigenvalue weighted by Crippen LogP contribution is -2.49. The van der Waals surface area contributed by atoms with Gasteiger partial charge in [-0.25, -0.2) is 0 Å². The first kappa shape index (κ1) is 18.2. The molecule has 0 saturated carbocycles. The van der Waals surface area contributed by atoms with Gasteiger partial charge in [-0.3, -0.25) is 9.69 Å². The normalized spacial score (nSPS) is 22.4. The summed E-state index contributed by atoms with van der Waals surface area (Å²) >= 11 is 0. The van der Waals surface area contributed by atoms with Crippen LogP contribution in [0.3, 0.4) is 0 Å². The maximum atomic E-state index is 12.3. The molecule has 1 atom stereocenters. The van der Waals surface area contributed by atoms with Crippen LogP contribution in [-0.4, -0.2) is 67.7 Å². The topological polar surface area (TPSA) is 44.8 Å². The average molecular weight is 340 g/mol. The molecule has 0 aromatic heterocycles. The Morgan fingerprint density at radius 1 is 1.17 bits per heavy atom. The molecule has 2 aliphatic rings. The fourth-order valence-corrected chi connectivity index (χ4v) is 3.13. The second kappa shape index (κ2) is 9.23. The predicted octanol–water partition coefficient (Wildman–Crippen LogP) is 1.13. The Labute approximate surface area is 144 Å². The smallest absolute Gasteiger partial charge is 0.225 e. The van der Waals surface area contributed by atoms with Crippen molar-refractivity contribution in [1.82, 2.24) is 15.1 Å². The zero-order valence-electron chi connectivity index (χ0n) is 13.4. The van der Waals surface area contributed by atoms with Crippen LogP contribution in [0.5, 0.6) is 0 Å². The summed E-state index contributed by atoms with van der Waals surface area (Å²) in [4.78, 5) is 16.7. The van der Waals surface area contributed by atoms with Crippen LogP contribution in [0.25, 0.3) is 0 Å². The van der Waals surface area contributed by atoms with Crippen molar-refractivity contribution in [3.05, 3.63) is 35.9 Å². The molecule has 2 heterocycles. The zero-order valence-corrected chi connectivity index (χ0v) is 14.3. The van der Waals surface area contributed by atoms with Crippen molar-refractivity contribution in [1.29, 1.82) is 0 Å². The van der Waals surface area contributed by atoms with Gasteiger partial charge in [-0.15, -0.1) is 12.4 Å². The minimum Gasteiger partial charge on any atom is -0.375 e. The van der Waals surface area contributed by atoms with Gasteiger partial charge in [-0.05, 0) is 5.56 Å². The van der Waals surface area contributed by atoms with E-state index in [-0.39, 0.29) is 24.4 Å². The fraction of sp³-hybridized carbons (Fsp3) is 0.588. The Morgan fingerprint density at radius 3 is 2.65 bits per heavy atom. The van der Waals surface area contributed by atoms with Gasteiger partial charge in [-0.1, -0.05) is 30.3 Å². The second-order valence-electron chi connectivity index (χ2n) is 6.05. The SMILES string of the molecule is Cl.O=C(CC1CN(Cc2ccccc2)CCO1)N1CCNCC1. The number of benzene rings is 1. The van der Waals surface area contributed by atoms with E-state index in [1.165, 1.54) is 5.56 Å². The molecule has 0 radical (unpaired) electrons. The van der Waals surface area contributed by atoms with Crippen molar-refractivity contribution in [2.45, 2.75) is 19.1 Å². The molecule has 1 N–H and O–H groups in total. The van der Waals surface area contributed by atoms with Gasteiger partial charge in [0, 0.05) is 45.8 Å². The molecule has 5 nitrogen and oxygen atoms in total. The van der Waals surface area contributed by atoms with Crippen LogP contribution in [0.2, 0.25) is 0 Å². The van der Waals surface area contributed by atoms with E-state index in [0.717, 1.165) is 45.8 Å². The van der Waals surface area contributed by atoms with E-state index in [9.17, 15) is 4.79 Å². The molecule has 6 heteroatoms. The molecule has 0 spiro atoms. The van der Waals surface area contributed by atoms with E-state index in [2.05, 4.69) is 34.5 Å². The summed E-state index contributed by atoms with van der Waals surface area (Å²) in [6.45, 7) is 6.86. The summed E-state index contributed by atoms with van der Waals surface area (Å²) in [5.41, 5.74) is 1.32. The molecule has 2 aliphatic heterocycles. The van der Waals surface area contributed by atoms with Crippen molar-refractivity contribution < 1.29 is 9.53 Å². The van der Waals surface area contributed by atoms with Gasteiger partial charge in [0.15, 0.2) is 0 Å². The van der Waals surface area contributed by atoms with Crippen molar-refractivity contribution in [3.8, 4) is 0 Å². The molecule has 1 unspecified atom stereocenters. The maximum absolute atomic E-state index is 12.3. The third-order valence-corrected chi connectivity index (χ3v) is 4.34. The lowest BCUT2D eigenvalue weighted by Gasteiger charge is -2.34. The van der Waals surface area contributed by atoms with Crippen LogP contribution in [0.1, 0.15) is 12.0 Å². The summed E-state index contributed by atoms with van der Waals surface area (Å²) in [6.07, 6.45) is 0.533. The average Bonchev–Trinajstić information content (AvgIpc) is 2.57. The highest BCUT2D eigenvalue weighted by molar-refractivity contribution is 5.85. The molecule has 3 rings (SSSR count). The monoisotopic (exact) mass is 339 g/mol. The first-order chi connectivity index (χ1) is 10.8. The number of ether oxygens (including phenoxy) is 1. The summed E-state index contributed by atoms with van der Waals surface area (Å²) in [5.74, 6) is 0.230. The van der Waals surface area contributed by atoms with E-state index in [1.54, 1.807) is 0 Å². The minimum absolute atomic E-state index is 0. The van der Waals surface area contributed by atoms with Gasteiger partial charge in [0.05, 0.1) is 19.1 Å². The Kier molecular flexibility index (Phi) is 7.30. The van der Waals surface area contributed by atoms with Gasteiger partial charge >= 0.3 is 0 Å². The number of halogens is 1. The standard InChI is InChI=1S/C17H25N3O2.ClH/c21-17(20-8-6-18-7-9-20)12-16-14-19(10-11-22-16)13-15-4-2-1-3-5-15;/h1-5,16,18H,6-14H2;1H. The number of amides is 1. The van der Waals surface area contributed by atoms with E-state index in [1.807, 2.05) is 11.0 Å². The molecule has 2 fully saturated rings. The third-order valence-electron chi connectivity index (χ3n) is 4.34. The second-order valence-corrected chi connectivity index (χ2v) is 6.05. The molecule has 128 valence electrons. The van der Waals surface area contributed by atoms with E-state index >= 15 is 0 Å². The Morgan fingerprint density at radius 2 is 1.91 bits per heavy atom. The lowest BCUT2D eigenvalue weighted by atomic mass is 10.1. The zero-order chi connectivity index (χ0) is 15.2. The molecule has 23 heavy (non-hydrogen) atoms. The van der Waals surface area contributed by atoms with Crippen LogP contribution in [0.4, 0.5) is 0 Å². The molecule has 1 aromatic carbocycles. The van der Waals surface area contributed by atoms with Crippen LogP contribution in [-0.2, 0) is 16.1 Å². The third kappa shape index (κ3) is 5.46. The number of hydrogen-bond donors (Lipinski definition) is 1. The van der Waals surface area contributed by atoms with Crippen LogP contribution in [0.15, 0.2) is 30.3 Å². The molecular weight excluding hydrogens is 314 g/mol. The van der Waals surface area contributed by atoms with Gasteiger partial charge in [0.2, 0.25) is 5.91 Å². The predicted molar refractivity (Wildman–Crippen MR) is 92.8 cm³/mol. The highest BCUT2D eigenvalue weighted by Gasteiger charge is 2.25. The highest BCUT2D eigenvalue weighted by atomic mass is 35.5. The molecular formula is C17H26ClN3O2. The molecule has 1 amide bonds. The van der Waals surface area contributed by atoms with E-state index in [4.69, 9.17) is 4.74 Å². The Bertz CT molecular complexity index is 480. The summed E-state index contributed by atoms with van der Waals surface area (Å²) < 4.78 is 5.80. The number of carbonyl (C=O) groups excluding carboxylic acids is 1. The number of nitrogens with one attached hydrogen (secondary N) is 1. The van der Waals surface area contributed by atoms with Crippen molar-refractivity contribution >= 4 is 18.3 Å². The summed E-state index contributed by atoms with van der Waals surface area (Å²) in [7, 11) is 0. The van der Waals surface area contributed by atoms with Crippen LogP contribution >= 0.6 is 12.4 Å². The van der Waals surface area contributed by atoms with Crippen LogP contribution < -0.4 is 5.32 Å². The van der Waals surface area contributed by atoms with Gasteiger partial charge < -0.3 is 15.0 Å². The summed E-state index contributed by atoms with van der Waals surface area (Å²) in [6, 6.07) is 10.5. The lowest BCUT2D eigenvalue weighted by molar-refractivity contribution is -0.136.